The van der Waals surface area contributed by atoms with Gasteiger partial charge in [-0.2, -0.15) is 0 Å². The number of nitrogens with one attached hydrogen (secondary N) is 1. The normalized spacial score (nSPS) is 19.0. The molecule has 0 unspecified atom stereocenters. The number of rotatable bonds is 5. The number of aryl methyl sites for hydroxylation is 1. The molecule has 27 heavy (non-hydrogen) atoms. The van der Waals surface area contributed by atoms with E-state index < -0.39 is 11.4 Å². The lowest BCUT2D eigenvalue weighted by molar-refractivity contribution is -0.141. The zero-order valence-electron chi connectivity index (χ0n) is 16.1. The van der Waals surface area contributed by atoms with Gasteiger partial charge in [0.2, 0.25) is 11.8 Å². The summed E-state index contributed by atoms with van der Waals surface area (Å²) >= 11 is 0. The average Bonchev–Trinajstić information content (AvgIpc) is 3.04. The molecule has 1 aromatic heterocycles. The van der Waals surface area contributed by atoms with E-state index >= 15 is 0 Å². The first kappa shape index (κ1) is 19.3. The zero-order chi connectivity index (χ0) is 19.8. The number of esters is 1. The molecule has 1 aromatic rings. The van der Waals surface area contributed by atoms with Gasteiger partial charge in [0.15, 0.2) is 5.78 Å². The number of Topliss-reactive ketones (excluding diaryl/α,β-unsaturated/α-hetero) is 1. The molecule has 3 rings (SSSR count). The van der Waals surface area contributed by atoms with Gasteiger partial charge in [0.05, 0.1) is 29.8 Å². The molecule has 0 radical (unpaired) electrons. The number of imide groups is 1. The van der Waals surface area contributed by atoms with Crippen molar-refractivity contribution in [3.63, 3.8) is 0 Å². The van der Waals surface area contributed by atoms with Gasteiger partial charge >= 0.3 is 5.97 Å². The van der Waals surface area contributed by atoms with E-state index in [1.54, 1.807) is 20.8 Å². The Bertz CT molecular complexity index is 802. The van der Waals surface area contributed by atoms with Crippen LogP contribution in [0.25, 0.3) is 0 Å². The molecule has 1 aliphatic heterocycles. The lowest BCUT2D eigenvalue weighted by atomic mass is 9.73. The summed E-state index contributed by atoms with van der Waals surface area (Å²) in [7, 11) is 0. The SMILES string of the molecule is CCOC(=O)c1c(C)[nH]c(C(=O)CN2C(=O)CC3(CCCCC3)C2=O)c1C. The fraction of sp³-hybridized carbons (Fsp3) is 0.600. The fourth-order valence-corrected chi connectivity index (χ4v) is 4.40. The van der Waals surface area contributed by atoms with Gasteiger partial charge in [-0.15, -0.1) is 0 Å². The van der Waals surface area contributed by atoms with Crippen molar-refractivity contribution in [1.29, 1.82) is 0 Å². The van der Waals surface area contributed by atoms with Crippen LogP contribution in [-0.4, -0.2) is 46.6 Å². The predicted molar refractivity (Wildman–Crippen MR) is 97.4 cm³/mol. The van der Waals surface area contributed by atoms with Crippen molar-refractivity contribution in [3.8, 4) is 0 Å². The van der Waals surface area contributed by atoms with Crippen LogP contribution in [0, 0.1) is 19.3 Å². The number of hydrogen-bond acceptors (Lipinski definition) is 5. The maximum atomic E-state index is 12.9. The fourth-order valence-electron chi connectivity index (χ4n) is 4.40. The highest BCUT2D eigenvalue weighted by molar-refractivity contribution is 6.11. The van der Waals surface area contributed by atoms with Crippen molar-refractivity contribution in [1.82, 2.24) is 9.88 Å². The molecule has 7 heteroatoms. The Labute approximate surface area is 158 Å². The second kappa shape index (κ2) is 7.29. The third kappa shape index (κ3) is 3.31. The van der Waals surface area contributed by atoms with Crippen LogP contribution >= 0.6 is 0 Å². The van der Waals surface area contributed by atoms with E-state index in [4.69, 9.17) is 4.74 Å². The summed E-state index contributed by atoms with van der Waals surface area (Å²) in [6, 6.07) is 0. The van der Waals surface area contributed by atoms with Crippen molar-refractivity contribution in [3.05, 3.63) is 22.5 Å². The second-order valence-corrected chi connectivity index (χ2v) is 7.57. The third-order valence-electron chi connectivity index (χ3n) is 5.80. The van der Waals surface area contributed by atoms with Crippen molar-refractivity contribution >= 4 is 23.6 Å². The minimum atomic E-state index is -0.605. The number of H-pyrrole nitrogens is 1. The smallest absolute Gasteiger partial charge is 0.340 e. The van der Waals surface area contributed by atoms with Crippen LogP contribution in [0.1, 0.15) is 77.6 Å². The number of ketones is 1. The molecule has 0 bridgehead atoms. The van der Waals surface area contributed by atoms with E-state index in [0.717, 1.165) is 37.0 Å². The molecule has 1 saturated carbocycles. The number of ether oxygens (including phenoxy) is 1. The lowest BCUT2D eigenvalue weighted by Crippen LogP contribution is -2.39. The quantitative estimate of drug-likeness (QED) is 0.486. The lowest BCUT2D eigenvalue weighted by Gasteiger charge is -2.30. The molecule has 7 nitrogen and oxygen atoms in total. The Morgan fingerprint density at radius 1 is 1.15 bits per heavy atom. The van der Waals surface area contributed by atoms with Crippen LogP contribution in [0.3, 0.4) is 0 Å². The first-order valence-electron chi connectivity index (χ1n) is 9.55. The van der Waals surface area contributed by atoms with Gasteiger partial charge in [-0.1, -0.05) is 19.3 Å². The van der Waals surface area contributed by atoms with Crippen molar-refractivity contribution in [2.45, 2.75) is 59.3 Å². The summed E-state index contributed by atoms with van der Waals surface area (Å²) in [4.78, 5) is 54.3. The molecule has 1 aliphatic carbocycles. The molecule has 1 spiro atoms. The molecule has 2 fully saturated rings. The highest BCUT2D eigenvalue weighted by atomic mass is 16.5. The largest absolute Gasteiger partial charge is 0.462 e. The molecule has 1 saturated heterocycles. The number of nitrogens with zero attached hydrogens (tertiary/aromatic N) is 1. The number of aromatic nitrogens is 1. The van der Waals surface area contributed by atoms with Crippen molar-refractivity contribution in [2.75, 3.05) is 13.2 Å². The molecule has 1 N–H and O–H groups in total. The number of carbonyl (C=O) groups excluding carboxylic acids is 4. The topological polar surface area (TPSA) is 96.5 Å². The maximum Gasteiger partial charge on any atom is 0.340 e. The van der Waals surface area contributed by atoms with Gasteiger partial charge in [0.25, 0.3) is 0 Å². The second-order valence-electron chi connectivity index (χ2n) is 7.57. The Hall–Kier alpha value is -2.44. The summed E-state index contributed by atoms with van der Waals surface area (Å²) in [6.07, 6.45) is 4.61. The van der Waals surface area contributed by atoms with Crippen LogP contribution in [0.15, 0.2) is 0 Å². The van der Waals surface area contributed by atoms with Crippen LogP contribution in [0.2, 0.25) is 0 Å². The molecule has 2 heterocycles. The number of hydrogen-bond donors (Lipinski definition) is 1. The van der Waals surface area contributed by atoms with Crippen molar-refractivity contribution < 1.29 is 23.9 Å². The van der Waals surface area contributed by atoms with Gasteiger partial charge in [-0.25, -0.2) is 4.79 Å². The monoisotopic (exact) mass is 374 g/mol. The number of carbonyl (C=O) groups is 4. The molecule has 0 aromatic carbocycles. The van der Waals surface area contributed by atoms with Crippen LogP contribution in [0.5, 0.6) is 0 Å². The third-order valence-corrected chi connectivity index (χ3v) is 5.80. The van der Waals surface area contributed by atoms with Crippen LogP contribution < -0.4 is 0 Å². The van der Waals surface area contributed by atoms with E-state index in [-0.39, 0.29) is 42.9 Å². The Balaban J connectivity index is 1.80. The predicted octanol–water partition coefficient (Wildman–Crippen LogP) is 2.70. The maximum absolute atomic E-state index is 12.9. The number of aromatic amines is 1. The number of likely N-dealkylation sites (tertiary alicyclic amines) is 1. The van der Waals surface area contributed by atoms with Gasteiger partial charge in [-0.3, -0.25) is 19.3 Å². The van der Waals surface area contributed by atoms with E-state index in [9.17, 15) is 19.2 Å². The van der Waals surface area contributed by atoms with E-state index in [1.807, 2.05) is 0 Å². The summed E-state index contributed by atoms with van der Waals surface area (Å²) < 4.78 is 5.04. The van der Waals surface area contributed by atoms with Gasteiger partial charge in [-0.05, 0) is 39.2 Å². The molecule has 146 valence electrons. The molecular formula is C20H26N2O5. The minimum Gasteiger partial charge on any atom is -0.462 e. The van der Waals surface area contributed by atoms with Crippen LogP contribution in [0.4, 0.5) is 0 Å². The van der Waals surface area contributed by atoms with Crippen LogP contribution in [-0.2, 0) is 14.3 Å². The standard InChI is InChI=1S/C20H26N2O5/c1-4-27-18(25)16-12(2)17(21-13(16)3)14(23)11-22-15(24)10-20(19(22)26)8-6-5-7-9-20/h21H,4-11H2,1-3H3. The van der Waals surface area contributed by atoms with E-state index in [1.165, 1.54) is 0 Å². The number of amides is 2. The summed E-state index contributed by atoms with van der Waals surface area (Å²) in [5.74, 6) is -1.35. The first-order chi connectivity index (χ1) is 12.8. The Morgan fingerprint density at radius 2 is 1.81 bits per heavy atom. The van der Waals surface area contributed by atoms with Gasteiger partial charge < -0.3 is 9.72 Å². The zero-order valence-corrected chi connectivity index (χ0v) is 16.1. The van der Waals surface area contributed by atoms with Crippen molar-refractivity contribution in [2.24, 2.45) is 5.41 Å². The van der Waals surface area contributed by atoms with Gasteiger partial charge in [0, 0.05) is 12.1 Å². The highest BCUT2D eigenvalue weighted by Gasteiger charge is 2.51. The highest BCUT2D eigenvalue weighted by Crippen LogP contribution is 2.45. The Kier molecular flexibility index (Phi) is 5.22. The summed E-state index contributed by atoms with van der Waals surface area (Å²) in [5.41, 5.74) is 1.01. The molecule has 2 amide bonds. The minimum absolute atomic E-state index is 0.204. The summed E-state index contributed by atoms with van der Waals surface area (Å²) in [5, 5.41) is 0. The first-order valence-corrected chi connectivity index (χ1v) is 9.55. The molecule has 0 atom stereocenters. The average molecular weight is 374 g/mol. The van der Waals surface area contributed by atoms with E-state index in [2.05, 4.69) is 4.98 Å². The Morgan fingerprint density at radius 3 is 2.44 bits per heavy atom. The van der Waals surface area contributed by atoms with E-state index in [0.29, 0.717) is 16.8 Å². The van der Waals surface area contributed by atoms with Gasteiger partial charge in [0.1, 0.15) is 0 Å². The summed E-state index contributed by atoms with van der Waals surface area (Å²) in [6.45, 7) is 5.03. The molecular weight excluding hydrogens is 348 g/mol. The molecule has 2 aliphatic rings.